The van der Waals surface area contributed by atoms with Gasteiger partial charge >= 0.3 is 0 Å². The number of aryl methyl sites for hydroxylation is 1. The zero-order valence-corrected chi connectivity index (χ0v) is 12.2. The van der Waals surface area contributed by atoms with Gasteiger partial charge in [-0.25, -0.2) is 0 Å². The van der Waals surface area contributed by atoms with Crippen LogP contribution in [0, 0.1) is 0 Å². The highest BCUT2D eigenvalue weighted by molar-refractivity contribution is 9.10. The van der Waals surface area contributed by atoms with Crippen LogP contribution in [0.3, 0.4) is 0 Å². The molecule has 1 aromatic carbocycles. The third kappa shape index (κ3) is 2.14. The number of benzene rings is 1. The molecule has 2 N–H and O–H groups in total. The molecule has 2 rings (SSSR count). The lowest BCUT2D eigenvalue weighted by atomic mass is 10.0. The number of halogens is 1. The molecule has 2 aromatic rings. The Morgan fingerprint density at radius 3 is 2.65 bits per heavy atom. The first-order valence-corrected chi connectivity index (χ1v) is 6.82. The van der Waals surface area contributed by atoms with Crippen LogP contribution in [0.25, 0.3) is 10.9 Å². The average Bonchev–Trinajstić information content (AvgIpc) is 2.54. The topological polar surface area (TPSA) is 30.9 Å². The van der Waals surface area contributed by atoms with Gasteiger partial charge < -0.3 is 10.3 Å². The molecule has 1 heterocycles. The number of nitrogens with two attached hydrogens (primary N) is 1. The first kappa shape index (κ1) is 12.7. The highest BCUT2D eigenvalue weighted by Crippen LogP contribution is 2.32. The molecule has 0 saturated carbocycles. The summed E-state index contributed by atoms with van der Waals surface area (Å²) in [4.78, 5) is 0. The van der Waals surface area contributed by atoms with Gasteiger partial charge in [0.1, 0.15) is 0 Å². The number of nitrogens with zero attached hydrogens (tertiary/aromatic N) is 1. The number of aromatic nitrogens is 1. The van der Waals surface area contributed by atoms with E-state index in [0.717, 1.165) is 6.42 Å². The Kier molecular flexibility index (Phi) is 3.59. The van der Waals surface area contributed by atoms with Gasteiger partial charge in [0.05, 0.1) is 0 Å². The molecule has 0 fully saturated rings. The van der Waals surface area contributed by atoms with Crippen LogP contribution in [0.1, 0.15) is 31.0 Å². The van der Waals surface area contributed by atoms with E-state index in [9.17, 15) is 0 Å². The fourth-order valence-electron chi connectivity index (χ4n) is 2.24. The van der Waals surface area contributed by atoms with Gasteiger partial charge in [-0.2, -0.15) is 0 Å². The normalized spacial score (nSPS) is 11.6. The van der Waals surface area contributed by atoms with Crippen LogP contribution in [0.5, 0.6) is 0 Å². The van der Waals surface area contributed by atoms with E-state index in [1.165, 1.54) is 26.6 Å². The molecule has 0 aliphatic carbocycles. The lowest BCUT2D eigenvalue weighted by Gasteiger charge is -2.05. The molecular weight excluding hydrogens is 276 g/mol. The van der Waals surface area contributed by atoms with Crippen molar-refractivity contribution in [1.82, 2.24) is 4.57 Å². The Morgan fingerprint density at radius 1 is 1.35 bits per heavy atom. The zero-order valence-electron chi connectivity index (χ0n) is 10.6. The summed E-state index contributed by atoms with van der Waals surface area (Å²) in [7, 11) is 2.10. The molecule has 0 amide bonds. The summed E-state index contributed by atoms with van der Waals surface area (Å²) in [6, 6.07) is 6.70. The van der Waals surface area contributed by atoms with Gasteiger partial charge in [0.15, 0.2) is 0 Å². The molecule has 17 heavy (non-hydrogen) atoms. The second-order valence-electron chi connectivity index (χ2n) is 4.79. The molecule has 0 radical (unpaired) electrons. The van der Waals surface area contributed by atoms with Gasteiger partial charge in [-0.05, 0) is 46.1 Å². The smallest absolute Gasteiger partial charge is 0.0491 e. The Labute approximate surface area is 111 Å². The van der Waals surface area contributed by atoms with Gasteiger partial charge in [-0.1, -0.05) is 19.9 Å². The summed E-state index contributed by atoms with van der Waals surface area (Å²) in [5.74, 6) is 0.560. The van der Waals surface area contributed by atoms with Gasteiger partial charge in [0.25, 0.3) is 0 Å². The number of hydrogen-bond donors (Lipinski definition) is 1. The van der Waals surface area contributed by atoms with Crippen LogP contribution in [0.2, 0.25) is 0 Å². The van der Waals surface area contributed by atoms with E-state index < -0.39 is 0 Å². The quantitative estimate of drug-likeness (QED) is 0.922. The molecule has 0 spiro atoms. The van der Waals surface area contributed by atoms with Gasteiger partial charge in [0.2, 0.25) is 0 Å². The molecule has 1 aromatic heterocycles. The molecule has 3 heteroatoms. The van der Waals surface area contributed by atoms with Crippen LogP contribution in [-0.2, 0) is 13.5 Å². The average molecular weight is 295 g/mol. The Morgan fingerprint density at radius 2 is 2.06 bits per heavy atom. The summed E-state index contributed by atoms with van der Waals surface area (Å²) in [6.07, 6.45) is 0.906. The molecule has 0 aliphatic heterocycles. The fraction of sp³-hybridized carbons (Fsp3) is 0.429. The van der Waals surface area contributed by atoms with Crippen molar-refractivity contribution >= 4 is 26.8 Å². The van der Waals surface area contributed by atoms with E-state index >= 15 is 0 Å². The minimum Gasteiger partial charge on any atom is -0.346 e. The molecule has 0 bridgehead atoms. The first-order chi connectivity index (χ1) is 8.06. The Balaban J connectivity index is 2.66. The van der Waals surface area contributed by atoms with Gasteiger partial charge in [0, 0.05) is 34.5 Å². The van der Waals surface area contributed by atoms with E-state index in [0.29, 0.717) is 12.5 Å². The highest BCUT2D eigenvalue weighted by atomic mass is 79.9. The van der Waals surface area contributed by atoms with E-state index in [1.807, 2.05) is 0 Å². The summed E-state index contributed by atoms with van der Waals surface area (Å²) < 4.78 is 3.43. The van der Waals surface area contributed by atoms with Crippen LogP contribution < -0.4 is 5.73 Å². The SMILES string of the molecule is CC(C)c1ccc2c(c1)c(Br)c(CCN)n2C. The third-order valence-electron chi connectivity index (χ3n) is 3.32. The minimum absolute atomic E-state index is 0.560. The fourth-order valence-corrected chi connectivity index (χ4v) is 3.03. The van der Waals surface area contributed by atoms with Crippen molar-refractivity contribution in [2.24, 2.45) is 12.8 Å². The molecule has 0 aliphatic rings. The summed E-state index contributed by atoms with van der Waals surface area (Å²) in [5, 5.41) is 1.29. The predicted octanol–water partition coefficient (Wildman–Crippen LogP) is 3.57. The summed E-state index contributed by atoms with van der Waals surface area (Å²) in [5.41, 5.74) is 9.59. The minimum atomic E-state index is 0.560. The van der Waals surface area contributed by atoms with Crippen molar-refractivity contribution in [3.63, 3.8) is 0 Å². The lowest BCUT2D eigenvalue weighted by molar-refractivity contribution is 0.822. The van der Waals surface area contributed by atoms with Crippen molar-refractivity contribution < 1.29 is 0 Å². The van der Waals surface area contributed by atoms with Crippen molar-refractivity contribution in [3.05, 3.63) is 33.9 Å². The zero-order chi connectivity index (χ0) is 12.6. The van der Waals surface area contributed by atoms with Crippen molar-refractivity contribution in [2.75, 3.05) is 6.54 Å². The van der Waals surface area contributed by atoms with E-state index in [1.54, 1.807) is 0 Å². The maximum absolute atomic E-state index is 5.66. The maximum atomic E-state index is 5.66. The highest BCUT2D eigenvalue weighted by Gasteiger charge is 2.13. The Bertz CT molecular complexity index is 541. The molecule has 0 saturated heterocycles. The monoisotopic (exact) mass is 294 g/mol. The standard InChI is InChI=1S/C14H19BrN2/c1-9(2)10-4-5-12-11(8-10)14(15)13(6-7-16)17(12)3/h4-5,8-9H,6-7,16H2,1-3H3. The number of fused-ring (bicyclic) bond motifs is 1. The second-order valence-corrected chi connectivity index (χ2v) is 5.58. The van der Waals surface area contributed by atoms with Crippen LogP contribution in [0.4, 0.5) is 0 Å². The van der Waals surface area contributed by atoms with E-state index in [-0.39, 0.29) is 0 Å². The van der Waals surface area contributed by atoms with Crippen LogP contribution in [-0.4, -0.2) is 11.1 Å². The van der Waals surface area contributed by atoms with Crippen LogP contribution >= 0.6 is 15.9 Å². The largest absolute Gasteiger partial charge is 0.346 e. The lowest BCUT2D eigenvalue weighted by Crippen LogP contribution is -2.06. The van der Waals surface area contributed by atoms with E-state index in [2.05, 4.69) is 59.6 Å². The third-order valence-corrected chi connectivity index (χ3v) is 4.21. The number of hydrogen-bond acceptors (Lipinski definition) is 1. The summed E-state index contributed by atoms with van der Waals surface area (Å²) >= 11 is 3.71. The van der Waals surface area contributed by atoms with Crippen molar-refractivity contribution in [3.8, 4) is 0 Å². The Hall–Kier alpha value is -0.800. The molecular formula is C14H19BrN2. The summed E-state index contributed by atoms with van der Waals surface area (Å²) in [6.45, 7) is 5.12. The van der Waals surface area contributed by atoms with Crippen LogP contribution in [0.15, 0.2) is 22.7 Å². The molecule has 0 atom stereocenters. The molecule has 0 unspecified atom stereocenters. The van der Waals surface area contributed by atoms with E-state index in [4.69, 9.17) is 5.73 Å². The molecule has 2 nitrogen and oxygen atoms in total. The van der Waals surface area contributed by atoms with Gasteiger partial charge in [-0.3, -0.25) is 0 Å². The predicted molar refractivity (Wildman–Crippen MR) is 77.5 cm³/mol. The number of rotatable bonds is 3. The van der Waals surface area contributed by atoms with Gasteiger partial charge in [-0.15, -0.1) is 0 Å². The molecule has 92 valence electrons. The second kappa shape index (κ2) is 4.83. The first-order valence-electron chi connectivity index (χ1n) is 6.03. The van der Waals surface area contributed by atoms with Crippen molar-refractivity contribution in [1.29, 1.82) is 0 Å². The maximum Gasteiger partial charge on any atom is 0.0491 e. The van der Waals surface area contributed by atoms with Crippen molar-refractivity contribution in [2.45, 2.75) is 26.2 Å².